The summed E-state index contributed by atoms with van der Waals surface area (Å²) in [5.41, 5.74) is 4.53. The van der Waals surface area contributed by atoms with Crippen LogP contribution in [0.3, 0.4) is 0 Å². The van der Waals surface area contributed by atoms with Gasteiger partial charge in [0.05, 0.1) is 6.04 Å². The fraction of sp³-hybridized carbons (Fsp3) is 0.381. The first kappa shape index (κ1) is 16.6. The molecule has 3 rings (SSSR count). The van der Waals surface area contributed by atoms with E-state index in [1.165, 1.54) is 24.0 Å². The van der Waals surface area contributed by atoms with E-state index in [1.54, 1.807) is 0 Å². The van der Waals surface area contributed by atoms with Crippen molar-refractivity contribution in [2.24, 2.45) is 5.92 Å². The monoisotopic (exact) mass is 323 g/mol. The van der Waals surface area contributed by atoms with Crippen LogP contribution in [0.2, 0.25) is 0 Å². The lowest BCUT2D eigenvalue weighted by atomic mass is 10.0. The molecule has 0 radical (unpaired) electrons. The van der Waals surface area contributed by atoms with Gasteiger partial charge in [-0.25, -0.2) is 0 Å². The number of hydrogen-bond donors (Lipinski definition) is 1. The van der Waals surface area contributed by atoms with Gasteiger partial charge in [-0.1, -0.05) is 48.0 Å². The van der Waals surface area contributed by atoms with Crippen molar-refractivity contribution < 1.29 is 9.53 Å². The van der Waals surface area contributed by atoms with Gasteiger partial charge in [0.2, 0.25) is 0 Å². The lowest BCUT2D eigenvalue weighted by Gasteiger charge is -2.19. The van der Waals surface area contributed by atoms with E-state index >= 15 is 0 Å². The van der Waals surface area contributed by atoms with Crippen LogP contribution in [0, 0.1) is 26.7 Å². The fourth-order valence-electron chi connectivity index (χ4n) is 3.31. The van der Waals surface area contributed by atoms with Crippen molar-refractivity contribution in [2.75, 3.05) is 6.61 Å². The normalized spacial score (nSPS) is 15.0. The lowest BCUT2D eigenvalue weighted by Crippen LogP contribution is -2.33. The molecular weight excluding hydrogens is 298 g/mol. The molecule has 24 heavy (non-hydrogen) atoms. The Morgan fingerprint density at radius 2 is 1.75 bits per heavy atom. The highest BCUT2D eigenvalue weighted by Crippen LogP contribution is 2.40. The Labute approximate surface area is 144 Å². The summed E-state index contributed by atoms with van der Waals surface area (Å²) in [4.78, 5) is 12.4. The highest BCUT2D eigenvalue weighted by molar-refractivity contribution is 5.78. The third-order valence-electron chi connectivity index (χ3n) is 4.52. The summed E-state index contributed by atoms with van der Waals surface area (Å²) >= 11 is 0. The minimum absolute atomic E-state index is 0.0563. The molecule has 3 heteroatoms. The highest BCUT2D eigenvalue weighted by atomic mass is 16.5. The van der Waals surface area contributed by atoms with Crippen LogP contribution in [0.1, 0.15) is 41.1 Å². The molecule has 1 aliphatic rings. The number of nitrogens with one attached hydrogen (secondary N) is 1. The highest BCUT2D eigenvalue weighted by Gasteiger charge is 2.33. The average Bonchev–Trinajstić information content (AvgIpc) is 3.37. The SMILES string of the molecule is Cc1cc(C)c(OCC(=O)N[C@H](c2ccccc2)C2CC2)c(C)c1. The van der Waals surface area contributed by atoms with Gasteiger partial charge >= 0.3 is 0 Å². The molecule has 0 unspecified atom stereocenters. The predicted molar refractivity (Wildman–Crippen MR) is 96.2 cm³/mol. The van der Waals surface area contributed by atoms with Crippen LogP contribution >= 0.6 is 0 Å². The lowest BCUT2D eigenvalue weighted by molar-refractivity contribution is -0.124. The Bertz CT molecular complexity index is 697. The van der Waals surface area contributed by atoms with E-state index in [4.69, 9.17) is 4.74 Å². The number of carbonyl (C=O) groups is 1. The Morgan fingerprint density at radius 1 is 1.12 bits per heavy atom. The van der Waals surface area contributed by atoms with E-state index in [1.807, 2.05) is 32.0 Å². The van der Waals surface area contributed by atoms with Gasteiger partial charge in [0, 0.05) is 0 Å². The molecule has 1 N–H and O–H groups in total. The molecule has 2 aromatic carbocycles. The first-order valence-corrected chi connectivity index (χ1v) is 8.59. The molecule has 0 saturated heterocycles. The minimum Gasteiger partial charge on any atom is -0.483 e. The van der Waals surface area contributed by atoms with E-state index in [-0.39, 0.29) is 18.6 Å². The second kappa shape index (κ2) is 7.08. The van der Waals surface area contributed by atoms with Crippen LogP contribution in [0.25, 0.3) is 0 Å². The predicted octanol–water partition coefficient (Wildman–Crippen LogP) is 4.26. The second-order valence-electron chi connectivity index (χ2n) is 6.81. The molecule has 1 amide bonds. The maximum absolute atomic E-state index is 12.4. The van der Waals surface area contributed by atoms with Gasteiger partial charge in [-0.2, -0.15) is 0 Å². The molecule has 1 saturated carbocycles. The summed E-state index contributed by atoms with van der Waals surface area (Å²) in [5.74, 6) is 1.31. The maximum atomic E-state index is 12.4. The Kier molecular flexibility index (Phi) is 4.89. The molecule has 1 aliphatic carbocycles. The Hall–Kier alpha value is -2.29. The number of benzene rings is 2. The number of hydrogen-bond acceptors (Lipinski definition) is 2. The smallest absolute Gasteiger partial charge is 0.258 e. The number of rotatable bonds is 6. The summed E-state index contributed by atoms with van der Waals surface area (Å²) in [7, 11) is 0. The largest absolute Gasteiger partial charge is 0.483 e. The first-order valence-electron chi connectivity index (χ1n) is 8.59. The van der Waals surface area contributed by atoms with Crippen LogP contribution < -0.4 is 10.1 Å². The van der Waals surface area contributed by atoms with Crippen molar-refractivity contribution in [3.63, 3.8) is 0 Å². The third kappa shape index (κ3) is 3.97. The third-order valence-corrected chi connectivity index (χ3v) is 4.52. The van der Waals surface area contributed by atoms with Crippen molar-refractivity contribution in [1.29, 1.82) is 0 Å². The van der Waals surface area contributed by atoms with E-state index < -0.39 is 0 Å². The summed E-state index contributed by atoms with van der Waals surface area (Å²) in [5, 5.41) is 3.15. The molecule has 1 fully saturated rings. The van der Waals surface area contributed by atoms with Crippen LogP contribution in [-0.2, 0) is 4.79 Å². The van der Waals surface area contributed by atoms with Crippen molar-refractivity contribution in [2.45, 2.75) is 39.7 Å². The van der Waals surface area contributed by atoms with Gasteiger partial charge in [-0.15, -0.1) is 0 Å². The molecule has 0 aromatic heterocycles. The summed E-state index contributed by atoms with van der Waals surface area (Å²) in [6.45, 7) is 6.16. The van der Waals surface area contributed by atoms with Gasteiger partial charge in [0.25, 0.3) is 5.91 Å². The van der Waals surface area contributed by atoms with E-state index in [9.17, 15) is 4.79 Å². The average molecular weight is 323 g/mol. The standard InChI is InChI=1S/C21H25NO2/c1-14-11-15(2)21(16(3)12-14)24-13-19(23)22-20(18-9-10-18)17-7-5-4-6-8-17/h4-8,11-12,18,20H,9-10,13H2,1-3H3,(H,22,23)/t20-/m1/s1. The van der Waals surface area contributed by atoms with Crippen molar-refractivity contribution in [1.82, 2.24) is 5.32 Å². The summed E-state index contributed by atoms with van der Waals surface area (Å²) < 4.78 is 5.81. The van der Waals surface area contributed by atoms with E-state index in [2.05, 4.69) is 36.5 Å². The molecule has 126 valence electrons. The molecular formula is C21H25NO2. The van der Waals surface area contributed by atoms with Gasteiger partial charge < -0.3 is 10.1 Å². The van der Waals surface area contributed by atoms with Gasteiger partial charge in [-0.05, 0) is 56.2 Å². The first-order chi connectivity index (χ1) is 11.5. The van der Waals surface area contributed by atoms with Gasteiger partial charge in [0.15, 0.2) is 6.61 Å². The molecule has 1 atom stereocenters. The molecule has 0 spiro atoms. The van der Waals surface area contributed by atoms with Crippen molar-refractivity contribution >= 4 is 5.91 Å². The van der Waals surface area contributed by atoms with E-state index in [0.29, 0.717) is 5.92 Å². The fourth-order valence-corrected chi connectivity index (χ4v) is 3.31. The Balaban J connectivity index is 1.63. The summed E-state index contributed by atoms with van der Waals surface area (Å²) in [6.07, 6.45) is 2.35. The maximum Gasteiger partial charge on any atom is 0.258 e. The number of aryl methyl sites for hydroxylation is 3. The van der Waals surface area contributed by atoms with Crippen LogP contribution in [0.15, 0.2) is 42.5 Å². The number of carbonyl (C=O) groups excluding carboxylic acids is 1. The second-order valence-corrected chi connectivity index (χ2v) is 6.81. The summed E-state index contributed by atoms with van der Waals surface area (Å²) in [6, 6.07) is 14.5. The van der Waals surface area contributed by atoms with Crippen LogP contribution in [0.5, 0.6) is 5.75 Å². The molecule has 0 aliphatic heterocycles. The zero-order chi connectivity index (χ0) is 17.1. The van der Waals surface area contributed by atoms with Crippen molar-refractivity contribution in [3.05, 3.63) is 64.7 Å². The topological polar surface area (TPSA) is 38.3 Å². The molecule has 2 aromatic rings. The van der Waals surface area contributed by atoms with Crippen LogP contribution in [-0.4, -0.2) is 12.5 Å². The number of ether oxygens (including phenoxy) is 1. The van der Waals surface area contributed by atoms with Gasteiger partial charge in [0.1, 0.15) is 5.75 Å². The Morgan fingerprint density at radius 3 is 2.33 bits per heavy atom. The van der Waals surface area contributed by atoms with Crippen molar-refractivity contribution in [3.8, 4) is 5.75 Å². The molecule has 0 heterocycles. The van der Waals surface area contributed by atoms with Crippen LogP contribution in [0.4, 0.5) is 0 Å². The number of amides is 1. The zero-order valence-electron chi connectivity index (χ0n) is 14.6. The molecule has 0 bridgehead atoms. The molecule has 3 nitrogen and oxygen atoms in total. The minimum atomic E-state index is -0.0601. The van der Waals surface area contributed by atoms with Gasteiger partial charge in [-0.3, -0.25) is 4.79 Å². The van der Waals surface area contributed by atoms with E-state index in [0.717, 1.165) is 16.9 Å². The zero-order valence-corrected chi connectivity index (χ0v) is 14.6. The quantitative estimate of drug-likeness (QED) is 0.862.